The van der Waals surface area contributed by atoms with Crippen molar-refractivity contribution in [3.8, 4) is 28.4 Å². The number of methoxy groups -OCH3 is 1. The Morgan fingerprint density at radius 2 is 1.85 bits per heavy atom. The molecule has 1 aliphatic rings. The highest BCUT2D eigenvalue weighted by Crippen LogP contribution is 2.52. The van der Waals surface area contributed by atoms with Crippen molar-refractivity contribution in [2.45, 2.75) is 18.8 Å². The van der Waals surface area contributed by atoms with Crippen molar-refractivity contribution in [1.82, 2.24) is 0 Å². The molecule has 0 saturated carbocycles. The number of rotatable bonds is 9. The van der Waals surface area contributed by atoms with Crippen LogP contribution in [0, 0.1) is 0 Å². The molecule has 0 saturated heterocycles. The molecule has 1 atom stereocenters. The molecule has 1 aliphatic heterocycles. The third-order valence-corrected chi connectivity index (χ3v) is 6.10. The molecule has 4 rings (SSSR count). The van der Waals surface area contributed by atoms with Gasteiger partial charge in [0.1, 0.15) is 25.1 Å². The van der Waals surface area contributed by atoms with Gasteiger partial charge in [0.05, 0.1) is 24.2 Å². The van der Waals surface area contributed by atoms with E-state index in [2.05, 4.69) is 6.58 Å². The topological polar surface area (TPSA) is 97.1 Å². The summed E-state index contributed by atoms with van der Waals surface area (Å²) >= 11 is 0. The van der Waals surface area contributed by atoms with Gasteiger partial charge in [-0.15, -0.1) is 0 Å². The molecular formula is C26H27NO6S. The van der Waals surface area contributed by atoms with Gasteiger partial charge in [0, 0.05) is 5.56 Å². The smallest absolute Gasteiger partial charge is 0.213 e. The molecule has 1 heterocycles. The van der Waals surface area contributed by atoms with Crippen molar-refractivity contribution in [3.63, 3.8) is 0 Å². The molecule has 0 radical (unpaired) electrons. The number of ether oxygens (including phenoxy) is 4. The molecule has 0 bridgehead atoms. The van der Waals surface area contributed by atoms with Gasteiger partial charge in [0.15, 0.2) is 11.5 Å². The normalized spacial score (nSPS) is 14.4. The SMILES string of the molecule is C=C(C)OCCOc1ccc2c(c1OC)-c1ccc(CS(N)(=O)=O)cc1C(c1ccccc1)O2. The number of hydrogen-bond acceptors (Lipinski definition) is 6. The van der Waals surface area contributed by atoms with Gasteiger partial charge in [-0.3, -0.25) is 0 Å². The molecule has 0 amide bonds. The summed E-state index contributed by atoms with van der Waals surface area (Å²) in [5, 5.41) is 5.30. The van der Waals surface area contributed by atoms with E-state index >= 15 is 0 Å². The monoisotopic (exact) mass is 481 g/mol. The van der Waals surface area contributed by atoms with Gasteiger partial charge in [-0.1, -0.05) is 55.1 Å². The highest BCUT2D eigenvalue weighted by molar-refractivity contribution is 7.88. The number of sulfonamides is 1. The summed E-state index contributed by atoms with van der Waals surface area (Å²) < 4.78 is 46.9. The average molecular weight is 482 g/mol. The van der Waals surface area contributed by atoms with Crippen molar-refractivity contribution in [3.05, 3.63) is 89.7 Å². The molecule has 0 fully saturated rings. The molecule has 178 valence electrons. The Morgan fingerprint density at radius 1 is 1.09 bits per heavy atom. The molecule has 3 aromatic rings. The summed E-state index contributed by atoms with van der Waals surface area (Å²) in [6.45, 7) is 6.16. The van der Waals surface area contributed by atoms with Crippen LogP contribution < -0.4 is 19.3 Å². The minimum atomic E-state index is -3.69. The lowest BCUT2D eigenvalue weighted by molar-refractivity contribution is 0.155. The standard InChI is InChI=1S/C26H27NO6S/c1-17(2)31-13-14-32-23-12-11-22-24(26(23)30-3)20-10-9-18(16-34(27,28)29)15-21(20)25(33-22)19-7-5-4-6-8-19/h4-12,15,25H,1,13-14,16H2,2-3H3,(H2,27,28,29). The lowest BCUT2D eigenvalue weighted by Gasteiger charge is -2.31. The summed E-state index contributed by atoms with van der Waals surface area (Å²) in [5.74, 6) is 2.07. The second kappa shape index (κ2) is 9.79. The van der Waals surface area contributed by atoms with Crippen LogP contribution in [-0.4, -0.2) is 28.7 Å². The number of hydrogen-bond donors (Lipinski definition) is 1. The van der Waals surface area contributed by atoms with E-state index < -0.39 is 16.1 Å². The third kappa shape index (κ3) is 5.18. The van der Waals surface area contributed by atoms with Crippen LogP contribution >= 0.6 is 0 Å². The van der Waals surface area contributed by atoms with Gasteiger partial charge in [-0.05, 0) is 35.7 Å². The number of fused-ring (bicyclic) bond motifs is 3. The summed E-state index contributed by atoms with van der Waals surface area (Å²) in [5.41, 5.74) is 3.95. The van der Waals surface area contributed by atoms with Crippen LogP contribution in [0.1, 0.15) is 29.7 Å². The number of allylic oxidation sites excluding steroid dienone is 1. The van der Waals surface area contributed by atoms with E-state index in [0.29, 0.717) is 41.8 Å². The minimum absolute atomic E-state index is 0.266. The molecular weight excluding hydrogens is 454 g/mol. The largest absolute Gasteiger partial charge is 0.495 e. The lowest BCUT2D eigenvalue weighted by Crippen LogP contribution is -2.18. The van der Waals surface area contributed by atoms with E-state index in [1.807, 2.05) is 48.5 Å². The van der Waals surface area contributed by atoms with E-state index in [1.54, 1.807) is 26.2 Å². The van der Waals surface area contributed by atoms with Gasteiger partial charge in [0.2, 0.25) is 10.0 Å². The Balaban J connectivity index is 1.80. The van der Waals surface area contributed by atoms with E-state index in [1.165, 1.54) is 0 Å². The highest BCUT2D eigenvalue weighted by Gasteiger charge is 2.31. The quantitative estimate of drug-likeness (QED) is 0.355. The maximum Gasteiger partial charge on any atom is 0.213 e. The molecule has 2 N–H and O–H groups in total. The number of primary sulfonamides is 1. The zero-order valence-electron chi connectivity index (χ0n) is 19.1. The number of benzene rings is 3. The fourth-order valence-electron chi connectivity index (χ4n) is 4.03. The molecule has 1 unspecified atom stereocenters. The van der Waals surface area contributed by atoms with E-state index in [4.69, 9.17) is 24.1 Å². The van der Waals surface area contributed by atoms with Gasteiger partial charge >= 0.3 is 0 Å². The van der Waals surface area contributed by atoms with Crippen LogP contribution in [0.25, 0.3) is 11.1 Å². The first-order valence-electron chi connectivity index (χ1n) is 10.7. The van der Waals surface area contributed by atoms with Crippen LogP contribution in [0.2, 0.25) is 0 Å². The molecule has 8 heteroatoms. The Kier molecular flexibility index (Phi) is 6.81. The van der Waals surface area contributed by atoms with Crippen LogP contribution in [-0.2, 0) is 20.5 Å². The summed E-state index contributed by atoms with van der Waals surface area (Å²) in [6, 6.07) is 18.9. The van der Waals surface area contributed by atoms with Gasteiger partial charge in [0.25, 0.3) is 0 Å². The zero-order chi connectivity index (χ0) is 24.3. The Hall–Kier alpha value is -3.49. The summed E-state index contributed by atoms with van der Waals surface area (Å²) in [7, 11) is -2.11. The fourth-order valence-corrected chi connectivity index (χ4v) is 4.67. The second-order valence-corrected chi connectivity index (χ2v) is 9.62. The Bertz CT molecular complexity index is 1300. The molecule has 0 aliphatic carbocycles. The van der Waals surface area contributed by atoms with Crippen LogP contribution in [0.4, 0.5) is 0 Å². The summed E-state index contributed by atoms with van der Waals surface area (Å²) in [6.07, 6.45) is -0.426. The first-order valence-corrected chi connectivity index (χ1v) is 12.5. The van der Waals surface area contributed by atoms with E-state index in [0.717, 1.165) is 22.3 Å². The van der Waals surface area contributed by atoms with Crippen LogP contribution in [0.3, 0.4) is 0 Å². The van der Waals surface area contributed by atoms with Crippen molar-refractivity contribution < 1.29 is 27.4 Å². The predicted molar refractivity (Wildman–Crippen MR) is 130 cm³/mol. The maximum absolute atomic E-state index is 11.7. The molecule has 0 aromatic heterocycles. The zero-order valence-corrected chi connectivity index (χ0v) is 19.9. The maximum atomic E-state index is 11.7. The van der Waals surface area contributed by atoms with Gasteiger partial charge in [-0.25, -0.2) is 13.6 Å². The second-order valence-electron chi connectivity index (χ2n) is 8.01. The average Bonchev–Trinajstić information content (AvgIpc) is 2.80. The minimum Gasteiger partial charge on any atom is -0.495 e. The summed E-state index contributed by atoms with van der Waals surface area (Å²) in [4.78, 5) is 0. The van der Waals surface area contributed by atoms with E-state index in [9.17, 15) is 8.42 Å². The van der Waals surface area contributed by atoms with Gasteiger partial charge in [-0.2, -0.15) is 0 Å². The molecule has 7 nitrogen and oxygen atoms in total. The van der Waals surface area contributed by atoms with Crippen molar-refractivity contribution in [2.24, 2.45) is 5.14 Å². The first-order chi connectivity index (χ1) is 16.3. The highest BCUT2D eigenvalue weighted by atomic mass is 32.2. The van der Waals surface area contributed by atoms with E-state index in [-0.39, 0.29) is 5.75 Å². The number of nitrogens with two attached hydrogens (primary N) is 1. The molecule has 34 heavy (non-hydrogen) atoms. The fraction of sp³-hybridized carbons (Fsp3) is 0.231. The van der Waals surface area contributed by atoms with Crippen LogP contribution in [0.5, 0.6) is 17.2 Å². The lowest BCUT2D eigenvalue weighted by atomic mass is 9.88. The third-order valence-electron chi connectivity index (χ3n) is 5.36. The van der Waals surface area contributed by atoms with Crippen molar-refractivity contribution >= 4 is 10.0 Å². The first kappa shape index (κ1) is 23.7. The predicted octanol–water partition coefficient (Wildman–Crippen LogP) is 4.56. The van der Waals surface area contributed by atoms with Crippen molar-refractivity contribution in [2.75, 3.05) is 20.3 Å². The van der Waals surface area contributed by atoms with Crippen molar-refractivity contribution in [1.29, 1.82) is 0 Å². The Morgan fingerprint density at radius 3 is 2.53 bits per heavy atom. The van der Waals surface area contributed by atoms with Crippen LogP contribution in [0.15, 0.2) is 73.0 Å². The molecule has 3 aromatic carbocycles. The molecule has 0 spiro atoms. The van der Waals surface area contributed by atoms with Gasteiger partial charge < -0.3 is 18.9 Å². The Labute approximate surface area is 199 Å².